The third-order valence-electron chi connectivity index (χ3n) is 4.64. The van der Waals surface area contributed by atoms with E-state index in [4.69, 9.17) is 9.31 Å². The molecule has 0 spiro atoms. The SMILES string of the molecule is CC1(C)OB(c2cc(-c3ncc[nH]3)ccc2C(F)(F)F)OC1(C)C. The number of rotatable bonds is 2. The van der Waals surface area contributed by atoms with Gasteiger partial charge in [-0.3, -0.25) is 0 Å². The minimum atomic E-state index is -4.50. The molecule has 1 saturated heterocycles. The van der Waals surface area contributed by atoms with Crippen molar-refractivity contribution in [2.75, 3.05) is 0 Å². The van der Waals surface area contributed by atoms with Gasteiger partial charge in [-0.25, -0.2) is 4.98 Å². The zero-order valence-corrected chi connectivity index (χ0v) is 13.9. The molecule has 3 rings (SSSR count). The fourth-order valence-corrected chi connectivity index (χ4v) is 2.56. The van der Waals surface area contributed by atoms with Gasteiger partial charge in [0.1, 0.15) is 5.82 Å². The van der Waals surface area contributed by atoms with Crippen LogP contribution in [-0.2, 0) is 15.5 Å². The van der Waals surface area contributed by atoms with Gasteiger partial charge in [0.25, 0.3) is 0 Å². The molecule has 0 atom stereocenters. The molecule has 128 valence electrons. The first-order valence-electron chi connectivity index (χ1n) is 7.58. The molecule has 24 heavy (non-hydrogen) atoms. The smallest absolute Gasteiger partial charge is 0.399 e. The summed E-state index contributed by atoms with van der Waals surface area (Å²) in [6.45, 7) is 7.21. The molecule has 2 heterocycles. The highest BCUT2D eigenvalue weighted by Gasteiger charge is 2.53. The lowest BCUT2D eigenvalue weighted by atomic mass is 9.75. The van der Waals surface area contributed by atoms with Crippen LogP contribution in [0, 0.1) is 0 Å². The number of hydrogen-bond acceptors (Lipinski definition) is 3. The van der Waals surface area contributed by atoms with Gasteiger partial charge in [0.15, 0.2) is 0 Å². The van der Waals surface area contributed by atoms with E-state index in [1.165, 1.54) is 12.1 Å². The van der Waals surface area contributed by atoms with Crippen molar-refractivity contribution in [1.82, 2.24) is 9.97 Å². The summed E-state index contributed by atoms with van der Waals surface area (Å²) in [5, 5.41) is 0. The largest absolute Gasteiger partial charge is 0.495 e. The van der Waals surface area contributed by atoms with E-state index >= 15 is 0 Å². The van der Waals surface area contributed by atoms with E-state index in [0.717, 1.165) is 6.07 Å². The Morgan fingerprint density at radius 2 is 1.71 bits per heavy atom. The van der Waals surface area contributed by atoms with Gasteiger partial charge in [-0.05, 0) is 39.2 Å². The van der Waals surface area contributed by atoms with Crippen molar-refractivity contribution < 1.29 is 22.5 Å². The second kappa shape index (κ2) is 5.36. The Kier molecular flexibility index (Phi) is 3.80. The summed E-state index contributed by atoms with van der Waals surface area (Å²) < 4.78 is 51.9. The second-order valence-electron chi connectivity index (χ2n) is 6.83. The van der Waals surface area contributed by atoms with Crippen molar-refractivity contribution in [2.24, 2.45) is 0 Å². The maximum atomic E-state index is 13.4. The number of benzene rings is 1. The van der Waals surface area contributed by atoms with Crippen LogP contribution in [0.25, 0.3) is 11.4 Å². The van der Waals surface area contributed by atoms with Crippen molar-refractivity contribution >= 4 is 12.6 Å². The van der Waals surface area contributed by atoms with Crippen LogP contribution in [-0.4, -0.2) is 28.3 Å². The van der Waals surface area contributed by atoms with E-state index in [9.17, 15) is 13.2 Å². The van der Waals surface area contributed by atoms with E-state index < -0.39 is 30.1 Å². The van der Waals surface area contributed by atoms with Gasteiger partial charge in [-0.2, -0.15) is 13.2 Å². The van der Waals surface area contributed by atoms with Gasteiger partial charge in [0, 0.05) is 18.0 Å². The molecule has 0 radical (unpaired) electrons. The lowest BCUT2D eigenvalue weighted by molar-refractivity contribution is -0.136. The number of halogens is 3. The fraction of sp³-hybridized carbons (Fsp3) is 0.438. The molecule has 0 unspecified atom stereocenters. The topological polar surface area (TPSA) is 47.1 Å². The first kappa shape index (κ1) is 17.0. The van der Waals surface area contributed by atoms with E-state index in [-0.39, 0.29) is 5.46 Å². The zero-order valence-electron chi connectivity index (χ0n) is 13.9. The molecular weight excluding hydrogens is 320 g/mol. The molecule has 0 saturated carbocycles. The van der Waals surface area contributed by atoms with Crippen molar-refractivity contribution in [2.45, 2.75) is 45.1 Å². The quantitative estimate of drug-likeness (QED) is 0.854. The molecule has 1 fully saturated rings. The number of H-pyrrole nitrogens is 1. The molecule has 1 N–H and O–H groups in total. The Labute approximate surface area is 138 Å². The summed E-state index contributed by atoms with van der Waals surface area (Å²) in [5.41, 5.74) is -1.72. The van der Waals surface area contributed by atoms with Crippen LogP contribution in [0.3, 0.4) is 0 Å². The van der Waals surface area contributed by atoms with Crippen LogP contribution < -0.4 is 5.46 Å². The lowest BCUT2D eigenvalue weighted by Crippen LogP contribution is -2.41. The van der Waals surface area contributed by atoms with Gasteiger partial charge < -0.3 is 14.3 Å². The molecule has 0 amide bonds. The van der Waals surface area contributed by atoms with Crippen molar-refractivity contribution in [3.05, 3.63) is 36.2 Å². The predicted molar refractivity (Wildman–Crippen MR) is 84.7 cm³/mol. The number of aromatic nitrogens is 2. The fourth-order valence-electron chi connectivity index (χ4n) is 2.56. The van der Waals surface area contributed by atoms with E-state index in [1.807, 2.05) is 0 Å². The first-order valence-corrected chi connectivity index (χ1v) is 7.58. The molecule has 1 aromatic carbocycles. The minimum Gasteiger partial charge on any atom is -0.399 e. The maximum Gasteiger partial charge on any atom is 0.495 e. The van der Waals surface area contributed by atoms with Crippen molar-refractivity contribution in [3.63, 3.8) is 0 Å². The van der Waals surface area contributed by atoms with Gasteiger partial charge in [-0.15, -0.1) is 0 Å². The number of aromatic amines is 1. The second-order valence-corrected chi connectivity index (χ2v) is 6.83. The number of alkyl halides is 3. The van der Waals surface area contributed by atoms with E-state index in [0.29, 0.717) is 11.4 Å². The summed E-state index contributed by atoms with van der Waals surface area (Å²) in [5.74, 6) is 0.487. The van der Waals surface area contributed by atoms with Crippen LogP contribution in [0.5, 0.6) is 0 Å². The molecule has 1 aliphatic rings. The predicted octanol–water partition coefficient (Wildman–Crippen LogP) is 3.39. The van der Waals surface area contributed by atoms with Crippen LogP contribution >= 0.6 is 0 Å². The van der Waals surface area contributed by atoms with Gasteiger partial charge in [0.2, 0.25) is 0 Å². The molecule has 8 heteroatoms. The van der Waals surface area contributed by atoms with E-state index in [2.05, 4.69) is 9.97 Å². The third kappa shape index (κ3) is 2.84. The zero-order chi connectivity index (χ0) is 17.8. The van der Waals surface area contributed by atoms with Gasteiger partial charge in [0.05, 0.1) is 16.8 Å². The highest BCUT2D eigenvalue weighted by Crippen LogP contribution is 2.38. The van der Waals surface area contributed by atoms with Crippen LogP contribution in [0.15, 0.2) is 30.6 Å². The average Bonchev–Trinajstić information content (AvgIpc) is 3.04. The minimum absolute atomic E-state index is 0.0462. The van der Waals surface area contributed by atoms with Crippen LogP contribution in [0.1, 0.15) is 33.3 Å². The summed E-state index contributed by atoms with van der Waals surface area (Å²) >= 11 is 0. The Morgan fingerprint density at radius 1 is 1.08 bits per heavy atom. The summed E-state index contributed by atoms with van der Waals surface area (Å²) in [6, 6.07) is 3.85. The third-order valence-corrected chi connectivity index (χ3v) is 4.64. The molecule has 0 bridgehead atoms. The first-order chi connectivity index (χ1) is 11.0. The Hall–Kier alpha value is -1.80. The normalized spacial score (nSPS) is 19.7. The number of imidazole rings is 1. The standard InChI is InChI=1S/C16H18BF3N2O2/c1-14(2)15(3,4)24-17(23-14)12-9-10(13-21-7-8-22-13)5-6-11(12)16(18,19)20/h5-9H,1-4H3,(H,21,22). The molecule has 1 aromatic heterocycles. The summed E-state index contributed by atoms with van der Waals surface area (Å²) in [6.07, 6.45) is -1.34. The molecule has 4 nitrogen and oxygen atoms in total. The van der Waals surface area contributed by atoms with E-state index in [1.54, 1.807) is 40.1 Å². The Morgan fingerprint density at radius 3 is 2.21 bits per heavy atom. The maximum absolute atomic E-state index is 13.4. The number of nitrogens with one attached hydrogen (secondary N) is 1. The number of nitrogens with zero attached hydrogens (tertiary/aromatic N) is 1. The monoisotopic (exact) mass is 338 g/mol. The Bertz CT molecular complexity index is 726. The van der Waals surface area contributed by atoms with Gasteiger partial charge >= 0.3 is 13.3 Å². The number of hydrogen-bond donors (Lipinski definition) is 1. The highest BCUT2D eigenvalue weighted by molar-refractivity contribution is 6.62. The summed E-state index contributed by atoms with van der Waals surface area (Å²) in [4.78, 5) is 6.97. The lowest BCUT2D eigenvalue weighted by Gasteiger charge is -2.32. The average molecular weight is 338 g/mol. The molecule has 0 aliphatic carbocycles. The summed E-state index contributed by atoms with van der Waals surface area (Å²) in [7, 11) is -1.10. The molecule has 1 aliphatic heterocycles. The molecular formula is C16H18BF3N2O2. The molecule has 2 aromatic rings. The van der Waals surface area contributed by atoms with Crippen LogP contribution in [0.2, 0.25) is 0 Å². The Balaban J connectivity index is 2.09. The van der Waals surface area contributed by atoms with Crippen molar-refractivity contribution in [3.8, 4) is 11.4 Å². The van der Waals surface area contributed by atoms with Crippen molar-refractivity contribution in [1.29, 1.82) is 0 Å². The highest BCUT2D eigenvalue weighted by atomic mass is 19.4. The van der Waals surface area contributed by atoms with Gasteiger partial charge in [-0.1, -0.05) is 12.1 Å². The van der Waals surface area contributed by atoms with Crippen LogP contribution in [0.4, 0.5) is 13.2 Å².